The Bertz CT molecular complexity index is 846. The van der Waals surface area contributed by atoms with E-state index in [1.54, 1.807) is 18.2 Å². The quantitative estimate of drug-likeness (QED) is 0.540. The molecule has 3 aliphatic rings. The van der Waals surface area contributed by atoms with E-state index in [9.17, 15) is 9.59 Å². The van der Waals surface area contributed by atoms with Crippen LogP contribution in [-0.2, 0) is 9.53 Å². The van der Waals surface area contributed by atoms with Gasteiger partial charge in [0.1, 0.15) is 17.1 Å². The van der Waals surface area contributed by atoms with Crippen molar-refractivity contribution in [1.29, 1.82) is 0 Å². The molecule has 2 bridgehead atoms. The summed E-state index contributed by atoms with van der Waals surface area (Å²) in [4.78, 5) is 28.9. The van der Waals surface area contributed by atoms with Gasteiger partial charge in [-0.2, -0.15) is 4.99 Å². The second kappa shape index (κ2) is 8.49. The molecule has 1 aliphatic heterocycles. The number of fused-ring (bicyclic) bond motifs is 2. The van der Waals surface area contributed by atoms with Crippen LogP contribution in [0.15, 0.2) is 35.3 Å². The number of thioether (sulfide) groups is 1. The lowest BCUT2D eigenvalue weighted by Gasteiger charge is -2.20. The van der Waals surface area contributed by atoms with Gasteiger partial charge in [0.05, 0.1) is 26.1 Å². The van der Waals surface area contributed by atoms with Gasteiger partial charge in [-0.3, -0.25) is 4.79 Å². The normalized spacial score (nSPS) is 27.1. The molecule has 29 heavy (non-hydrogen) atoms. The van der Waals surface area contributed by atoms with Crippen LogP contribution in [0.3, 0.4) is 0 Å². The molecule has 1 heterocycles. The zero-order valence-electron chi connectivity index (χ0n) is 16.4. The van der Waals surface area contributed by atoms with Gasteiger partial charge < -0.3 is 19.5 Å². The Morgan fingerprint density at radius 1 is 1.21 bits per heavy atom. The van der Waals surface area contributed by atoms with E-state index in [1.807, 2.05) is 0 Å². The SMILES string of the molecule is COc1cccc(OC)c1C(=O)OCCC1SC(NC2CC3C=CC2C3)=NC1=O. The van der Waals surface area contributed by atoms with E-state index in [0.29, 0.717) is 41.0 Å². The smallest absolute Gasteiger partial charge is 0.345 e. The van der Waals surface area contributed by atoms with Crippen LogP contribution < -0.4 is 14.8 Å². The fraction of sp³-hybridized carbons (Fsp3) is 0.476. The minimum absolute atomic E-state index is 0.114. The summed E-state index contributed by atoms with van der Waals surface area (Å²) in [5, 5.41) is 3.77. The van der Waals surface area contributed by atoms with E-state index >= 15 is 0 Å². The maximum absolute atomic E-state index is 12.5. The molecule has 1 aromatic carbocycles. The van der Waals surface area contributed by atoms with E-state index in [-0.39, 0.29) is 23.3 Å². The number of amidine groups is 1. The number of allylic oxidation sites excluding steroid dienone is 1. The second-order valence-electron chi connectivity index (χ2n) is 7.35. The van der Waals surface area contributed by atoms with Crippen LogP contribution in [0.5, 0.6) is 11.5 Å². The first-order chi connectivity index (χ1) is 14.1. The van der Waals surface area contributed by atoms with Crippen molar-refractivity contribution < 1.29 is 23.8 Å². The van der Waals surface area contributed by atoms with Crippen molar-refractivity contribution in [3.05, 3.63) is 35.9 Å². The van der Waals surface area contributed by atoms with E-state index in [1.165, 1.54) is 32.4 Å². The van der Waals surface area contributed by atoms with Crippen molar-refractivity contribution >= 4 is 28.8 Å². The molecule has 4 unspecified atom stereocenters. The third-order valence-electron chi connectivity index (χ3n) is 5.57. The number of benzene rings is 1. The second-order valence-corrected chi connectivity index (χ2v) is 8.55. The number of ether oxygens (including phenoxy) is 3. The topological polar surface area (TPSA) is 86.2 Å². The standard InChI is InChI=1S/C21H24N2O5S/c1-26-15-4-3-5-16(27-2)18(15)20(25)28-9-8-17-19(24)23-21(29-17)22-14-11-12-6-7-13(14)10-12/h3-7,12-14,17H,8-11H2,1-2H3,(H,22,23,24). The van der Waals surface area contributed by atoms with Gasteiger partial charge >= 0.3 is 5.97 Å². The van der Waals surface area contributed by atoms with Gasteiger partial charge in [0.25, 0.3) is 5.91 Å². The molecule has 0 spiro atoms. The van der Waals surface area contributed by atoms with Gasteiger partial charge in [-0.25, -0.2) is 4.79 Å². The highest BCUT2D eigenvalue weighted by molar-refractivity contribution is 8.15. The number of carbonyl (C=O) groups excluding carboxylic acids is 2. The van der Waals surface area contributed by atoms with Gasteiger partial charge in [0, 0.05) is 12.5 Å². The summed E-state index contributed by atoms with van der Waals surface area (Å²) in [6, 6.07) is 5.44. The summed E-state index contributed by atoms with van der Waals surface area (Å²) in [6.45, 7) is 0.114. The number of aliphatic imine (C=N–C) groups is 1. The first-order valence-corrected chi connectivity index (χ1v) is 10.6. The molecule has 1 aromatic rings. The number of nitrogens with zero attached hydrogens (tertiary/aromatic N) is 1. The molecule has 1 amide bonds. The van der Waals surface area contributed by atoms with Crippen LogP contribution in [0.4, 0.5) is 0 Å². The van der Waals surface area contributed by atoms with Crippen molar-refractivity contribution in [3.8, 4) is 11.5 Å². The number of amides is 1. The third kappa shape index (κ3) is 4.12. The van der Waals surface area contributed by atoms with Gasteiger partial charge in [0.15, 0.2) is 5.17 Å². The lowest BCUT2D eigenvalue weighted by atomic mass is 10.0. The van der Waals surface area contributed by atoms with Crippen LogP contribution in [0.1, 0.15) is 29.6 Å². The van der Waals surface area contributed by atoms with Crippen LogP contribution in [-0.4, -0.2) is 49.2 Å². The van der Waals surface area contributed by atoms with Crippen molar-refractivity contribution in [1.82, 2.24) is 5.32 Å². The van der Waals surface area contributed by atoms with E-state index in [2.05, 4.69) is 22.5 Å². The van der Waals surface area contributed by atoms with Crippen molar-refractivity contribution in [2.75, 3.05) is 20.8 Å². The molecule has 0 saturated heterocycles. The van der Waals surface area contributed by atoms with Crippen molar-refractivity contribution in [3.63, 3.8) is 0 Å². The molecule has 4 atom stereocenters. The molecule has 154 valence electrons. The molecule has 1 saturated carbocycles. The minimum Gasteiger partial charge on any atom is -0.496 e. The van der Waals surface area contributed by atoms with Crippen LogP contribution in [0, 0.1) is 11.8 Å². The first-order valence-electron chi connectivity index (χ1n) is 9.71. The Balaban J connectivity index is 1.28. The average molecular weight is 416 g/mol. The summed E-state index contributed by atoms with van der Waals surface area (Å²) in [7, 11) is 2.97. The van der Waals surface area contributed by atoms with E-state index in [4.69, 9.17) is 14.2 Å². The zero-order chi connectivity index (χ0) is 20.4. The van der Waals surface area contributed by atoms with Crippen LogP contribution in [0.2, 0.25) is 0 Å². The highest BCUT2D eigenvalue weighted by atomic mass is 32.2. The van der Waals surface area contributed by atoms with E-state index in [0.717, 1.165) is 6.42 Å². The average Bonchev–Trinajstić information content (AvgIpc) is 3.43. The largest absolute Gasteiger partial charge is 0.496 e. The molecule has 8 heteroatoms. The van der Waals surface area contributed by atoms with Crippen molar-refractivity contribution in [2.45, 2.75) is 30.6 Å². The Kier molecular flexibility index (Phi) is 5.80. The molecule has 0 radical (unpaired) electrons. The molecule has 2 aliphatic carbocycles. The molecule has 1 N–H and O–H groups in total. The molecule has 0 aromatic heterocycles. The highest BCUT2D eigenvalue weighted by Crippen LogP contribution is 2.39. The fourth-order valence-electron chi connectivity index (χ4n) is 4.12. The van der Waals surface area contributed by atoms with Crippen molar-refractivity contribution in [2.24, 2.45) is 16.8 Å². The first kappa shape index (κ1) is 19.8. The number of esters is 1. The van der Waals surface area contributed by atoms with E-state index < -0.39 is 5.97 Å². The van der Waals surface area contributed by atoms with Gasteiger partial charge in [-0.05, 0) is 36.8 Å². The molecule has 4 rings (SSSR count). The summed E-state index contributed by atoms with van der Waals surface area (Å²) in [5.41, 5.74) is 0.242. The molecular formula is C21H24N2O5S. The van der Waals surface area contributed by atoms with Gasteiger partial charge in [0.2, 0.25) is 0 Å². The number of rotatable bonds is 7. The zero-order valence-corrected chi connectivity index (χ0v) is 17.2. The lowest BCUT2D eigenvalue weighted by molar-refractivity contribution is -0.117. The number of hydrogen-bond donors (Lipinski definition) is 1. The Morgan fingerprint density at radius 2 is 1.97 bits per heavy atom. The summed E-state index contributed by atoms with van der Waals surface area (Å²) >= 11 is 1.42. The molecular weight excluding hydrogens is 392 g/mol. The monoisotopic (exact) mass is 416 g/mol. The summed E-state index contributed by atoms with van der Waals surface area (Å²) in [6.07, 6.45) is 7.23. The number of methoxy groups -OCH3 is 2. The predicted octanol–water partition coefficient (Wildman–Crippen LogP) is 2.80. The van der Waals surface area contributed by atoms with Crippen LogP contribution >= 0.6 is 11.8 Å². The number of carbonyl (C=O) groups is 2. The third-order valence-corrected chi connectivity index (χ3v) is 6.73. The Morgan fingerprint density at radius 3 is 2.59 bits per heavy atom. The van der Waals surface area contributed by atoms with Gasteiger partial charge in [-0.15, -0.1) is 0 Å². The van der Waals surface area contributed by atoms with Gasteiger partial charge in [-0.1, -0.05) is 30.0 Å². The molecule has 1 fully saturated rings. The lowest BCUT2D eigenvalue weighted by Crippen LogP contribution is -2.35. The number of nitrogens with one attached hydrogen (secondary N) is 1. The maximum atomic E-state index is 12.5. The Labute approximate surface area is 173 Å². The number of hydrogen-bond acceptors (Lipinski definition) is 7. The summed E-state index contributed by atoms with van der Waals surface area (Å²) in [5.74, 6) is 1.24. The predicted molar refractivity (Wildman–Crippen MR) is 111 cm³/mol. The minimum atomic E-state index is -0.539. The molecule has 7 nitrogen and oxygen atoms in total. The maximum Gasteiger partial charge on any atom is 0.345 e. The highest BCUT2D eigenvalue weighted by Gasteiger charge is 2.38. The van der Waals surface area contributed by atoms with Crippen LogP contribution in [0.25, 0.3) is 0 Å². The fourth-order valence-corrected chi connectivity index (χ4v) is 5.12. The summed E-state index contributed by atoms with van der Waals surface area (Å²) < 4.78 is 15.9. The Hall–Kier alpha value is -2.48.